The molecule has 8 heteroatoms. The van der Waals surface area contributed by atoms with Crippen LogP contribution in [0, 0.1) is 5.92 Å². The number of anilines is 1. The Labute approximate surface area is 212 Å². The lowest BCUT2D eigenvalue weighted by Gasteiger charge is -2.26. The molecule has 1 unspecified atom stereocenters. The van der Waals surface area contributed by atoms with Crippen molar-refractivity contribution in [3.05, 3.63) is 46.7 Å². The van der Waals surface area contributed by atoms with Crippen molar-refractivity contribution < 1.29 is 13.5 Å². The molecule has 36 heavy (non-hydrogen) atoms. The summed E-state index contributed by atoms with van der Waals surface area (Å²) in [5.74, 6) is 1.22. The molecule has 2 aliphatic rings. The van der Waals surface area contributed by atoms with E-state index in [2.05, 4.69) is 34.7 Å². The van der Waals surface area contributed by atoms with E-state index in [9.17, 15) is 8.78 Å². The normalized spacial score (nSPS) is 17.6. The van der Waals surface area contributed by atoms with E-state index in [-0.39, 0.29) is 23.1 Å². The highest BCUT2D eigenvalue weighted by atomic mass is 19.3. The Morgan fingerprint density at radius 2 is 1.92 bits per heavy atom. The fourth-order valence-corrected chi connectivity index (χ4v) is 4.95. The zero-order valence-corrected chi connectivity index (χ0v) is 21.7. The molecule has 3 heterocycles. The summed E-state index contributed by atoms with van der Waals surface area (Å²) < 4.78 is 34.6. The second-order valence-corrected chi connectivity index (χ2v) is 9.95. The SMILES string of the molecule is CNCC(C)CCc1cccc(-c2nc(NC3CCOCC3)c(C(F)F)c(C3=C(C)CN=C3C)n2)c1. The van der Waals surface area contributed by atoms with E-state index in [1.165, 1.54) is 5.56 Å². The minimum Gasteiger partial charge on any atom is -0.381 e. The molecule has 0 saturated carbocycles. The summed E-state index contributed by atoms with van der Waals surface area (Å²) in [7, 11) is 1.97. The van der Waals surface area contributed by atoms with Gasteiger partial charge in [0.05, 0.1) is 17.8 Å². The van der Waals surface area contributed by atoms with Crippen LogP contribution in [0.5, 0.6) is 0 Å². The van der Waals surface area contributed by atoms with Gasteiger partial charge < -0.3 is 15.4 Å². The lowest BCUT2D eigenvalue weighted by atomic mass is 9.98. The van der Waals surface area contributed by atoms with Crippen LogP contribution in [0.4, 0.5) is 14.6 Å². The van der Waals surface area contributed by atoms with E-state index in [1.54, 1.807) is 0 Å². The zero-order valence-electron chi connectivity index (χ0n) is 21.7. The van der Waals surface area contributed by atoms with Crippen molar-refractivity contribution in [2.75, 3.05) is 38.7 Å². The van der Waals surface area contributed by atoms with Crippen LogP contribution in [-0.2, 0) is 11.2 Å². The third-order valence-corrected chi connectivity index (χ3v) is 6.97. The van der Waals surface area contributed by atoms with E-state index >= 15 is 0 Å². The van der Waals surface area contributed by atoms with Crippen LogP contribution in [0.2, 0.25) is 0 Å². The minimum atomic E-state index is -2.72. The summed E-state index contributed by atoms with van der Waals surface area (Å²) in [6, 6.07) is 8.17. The Hall–Kier alpha value is -2.71. The smallest absolute Gasteiger partial charge is 0.269 e. The first kappa shape index (κ1) is 26.4. The maximum atomic E-state index is 14.6. The minimum absolute atomic E-state index is 0.0280. The van der Waals surface area contributed by atoms with Gasteiger partial charge in [-0.05, 0) is 76.2 Å². The summed E-state index contributed by atoms with van der Waals surface area (Å²) in [5.41, 5.74) is 4.55. The Balaban J connectivity index is 1.77. The van der Waals surface area contributed by atoms with E-state index in [1.807, 2.05) is 33.0 Å². The monoisotopic (exact) mass is 497 g/mol. The molecule has 194 valence electrons. The lowest BCUT2D eigenvalue weighted by molar-refractivity contribution is 0.0902. The number of hydrogen-bond acceptors (Lipinski definition) is 6. The molecule has 1 saturated heterocycles. The number of aromatic nitrogens is 2. The first-order valence-corrected chi connectivity index (χ1v) is 12.9. The van der Waals surface area contributed by atoms with Gasteiger partial charge in [-0.1, -0.05) is 25.1 Å². The van der Waals surface area contributed by atoms with Crippen molar-refractivity contribution in [3.8, 4) is 11.4 Å². The highest BCUT2D eigenvalue weighted by molar-refractivity contribution is 6.25. The molecule has 1 atom stereocenters. The number of nitrogens with one attached hydrogen (secondary N) is 2. The molecule has 4 rings (SSSR count). The topological polar surface area (TPSA) is 71.4 Å². The van der Waals surface area contributed by atoms with E-state index in [4.69, 9.17) is 14.7 Å². The average molecular weight is 498 g/mol. The van der Waals surface area contributed by atoms with Gasteiger partial charge in [0.2, 0.25) is 0 Å². The van der Waals surface area contributed by atoms with Gasteiger partial charge in [-0.15, -0.1) is 0 Å². The standard InChI is InChI=1S/C28H37F2N5O/c1-17(15-31-4)8-9-20-6-5-7-21(14-20)27-34-25(23-18(2)16-32-19(23)3)24(26(29)30)28(35-27)33-22-10-12-36-13-11-22/h5-7,14,17,22,26,31H,8-13,15-16H2,1-4H3,(H,33,34,35). The molecule has 1 aromatic heterocycles. The van der Waals surface area contributed by atoms with Crippen molar-refractivity contribution in [2.45, 2.75) is 58.9 Å². The van der Waals surface area contributed by atoms with Gasteiger partial charge in [-0.2, -0.15) is 0 Å². The predicted octanol–water partition coefficient (Wildman–Crippen LogP) is 5.71. The highest BCUT2D eigenvalue weighted by Gasteiger charge is 2.29. The molecule has 0 amide bonds. The van der Waals surface area contributed by atoms with Crippen LogP contribution in [0.15, 0.2) is 34.8 Å². The van der Waals surface area contributed by atoms with Gasteiger partial charge in [-0.25, -0.2) is 18.7 Å². The van der Waals surface area contributed by atoms with Gasteiger partial charge in [0.1, 0.15) is 5.82 Å². The first-order valence-electron chi connectivity index (χ1n) is 12.9. The number of aryl methyl sites for hydroxylation is 1. The summed E-state index contributed by atoms with van der Waals surface area (Å²) in [5, 5.41) is 6.55. The molecule has 1 aromatic carbocycles. The number of rotatable bonds is 10. The number of nitrogens with zero attached hydrogens (tertiary/aromatic N) is 3. The second-order valence-electron chi connectivity index (χ2n) is 9.95. The van der Waals surface area contributed by atoms with Crippen molar-refractivity contribution >= 4 is 17.1 Å². The number of hydrogen-bond donors (Lipinski definition) is 2. The third-order valence-electron chi connectivity index (χ3n) is 6.97. The Morgan fingerprint density at radius 1 is 1.14 bits per heavy atom. The lowest BCUT2D eigenvalue weighted by Crippen LogP contribution is -2.29. The van der Waals surface area contributed by atoms with Gasteiger partial charge in [0, 0.05) is 36.1 Å². The fraction of sp³-hybridized carbons (Fsp3) is 0.536. The Kier molecular flexibility index (Phi) is 8.80. The maximum Gasteiger partial charge on any atom is 0.269 e. The Bertz CT molecular complexity index is 1120. The number of halogens is 2. The van der Waals surface area contributed by atoms with Gasteiger partial charge in [0.25, 0.3) is 6.43 Å². The molecule has 0 radical (unpaired) electrons. The number of alkyl halides is 2. The van der Waals surface area contributed by atoms with E-state index in [0.29, 0.717) is 37.1 Å². The van der Waals surface area contributed by atoms with E-state index in [0.717, 1.165) is 49.1 Å². The van der Waals surface area contributed by atoms with E-state index < -0.39 is 6.43 Å². The van der Waals surface area contributed by atoms with Crippen LogP contribution >= 0.6 is 0 Å². The summed E-state index contributed by atoms with van der Waals surface area (Å²) >= 11 is 0. The van der Waals surface area contributed by atoms with Crippen LogP contribution in [0.3, 0.4) is 0 Å². The van der Waals surface area contributed by atoms with Gasteiger partial charge >= 0.3 is 0 Å². The number of ether oxygens (including phenoxy) is 1. The summed E-state index contributed by atoms with van der Waals surface area (Å²) in [4.78, 5) is 13.9. The van der Waals surface area contributed by atoms with Crippen LogP contribution in [0.25, 0.3) is 17.0 Å². The Morgan fingerprint density at radius 3 is 2.58 bits per heavy atom. The largest absolute Gasteiger partial charge is 0.381 e. The molecule has 2 N–H and O–H groups in total. The average Bonchev–Trinajstić information content (AvgIpc) is 3.20. The molecular formula is C28H37F2N5O. The summed E-state index contributed by atoms with van der Waals surface area (Å²) in [6.07, 6.45) is 0.769. The molecule has 0 aliphatic carbocycles. The molecule has 1 fully saturated rings. The third kappa shape index (κ3) is 6.16. The molecule has 6 nitrogen and oxygen atoms in total. The van der Waals surface area contributed by atoms with Crippen molar-refractivity contribution in [1.29, 1.82) is 0 Å². The predicted molar refractivity (Wildman–Crippen MR) is 142 cm³/mol. The first-order chi connectivity index (χ1) is 17.4. The zero-order chi connectivity index (χ0) is 25.7. The van der Waals surface area contributed by atoms with Crippen LogP contribution in [-0.4, -0.2) is 55.1 Å². The fourth-order valence-electron chi connectivity index (χ4n) is 4.95. The number of benzene rings is 1. The molecule has 2 aliphatic heterocycles. The highest BCUT2D eigenvalue weighted by Crippen LogP contribution is 2.38. The quantitative estimate of drug-likeness (QED) is 0.440. The maximum absolute atomic E-state index is 14.6. The van der Waals surface area contributed by atoms with Gasteiger partial charge in [0.15, 0.2) is 5.82 Å². The van der Waals surface area contributed by atoms with Crippen LogP contribution in [0.1, 0.15) is 63.3 Å². The van der Waals surface area contributed by atoms with Crippen molar-refractivity contribution in [3.63, 3.8) is 0 Å². The van der Waals surface area contributed by atoms with Crippen LogP contribution < -0.4 is 10.6 Å². The molecule has 2 aromatic rings. The summed E-state index contributed by atoms with van der Waals surface area (Å²) in [6.45, 7) is 8.72. The number of allylic oxidation sites excluding steroid dienone is 1. The molecular weight excluding hydrogens is 460 g/mol. The number of aliphatic imine (C=N–C) groups is 1. The molecule has 0 spiro atoms. The van der Waals surface area contributed by atoms with Crippen molar-refractivity contribution in [1.82, 2.24) is 15.3 Å². The molecule has 0 bridgehead atoms. The van der Waals surface area contributed by atoms with Gasteiger partial charge in [-0.3, -0.25) is 4.99 Å². The van der Waals surface area contributed by atoms with Crippen molar-refractivity contribution in [2.24, 2.45) is 10.9 Å². The second kappa shape index (κ2) is 12.0.